The third kappa shape index (κ3) is 2.82. The fourth-order valence-electron chi connectivity index (χ4n) is 1.77. The van der Waals surface area contributed by atoms with Gasteiger partial charge in [-0.1, -0.05) is 6.07 Å². The van der Waals surface area contributed by atoms with Gasteiger partial charge >= 0.3 is 5.97 Å². The maximum atomic E-state index is 12.3. The summed E-state index contributed by atoms with van der Waals surface area (Å²) in [6.45, 7) is 3.07. The van der Waals surface area contributed by atoms with Crippen LogP contribution in [0, 0.1) is 13.8 Å². The zero-order valence-corrected chi connectivity index (χ0v) is 12.0. The zero-order chi connectivity index (χ0) is 15.8. The van der Waals surface area contributed by atoms with Crippen molar-refractivity contribution >= 4 is 21.7 Å². The van der Waals surface area contributed by atoms with E-state index in [1.807, 2.05) is 0 Å². The smallest absolute Gasteiger partial charge is 0.357 e. The van der Waals surface area contributed by atoms with Gasteiger partial charge in [0.1, 0.15) is 10.6 Å². The van der Waals surface area contributed by atoms with Crippen LogP contribution in [0.4, 0.5) is 5.69 Å². The second-order valence-corrected chi connectivity index (χ2v) is 6.06. The third-order valence-corrected chi connectivity index (χ3v) is 4.37. The molecule has 1 heterocycles. The summed E-state index contributed by atoms with van der Waals surface area (Å²) < 4.78 is 26.8. The number of aryl methyl sites for hydroxylation is 2. The lowest BCUT2D eigenvalue weighted by atomic mass is 10.2. The monoisotopic (exact) mass is 311 g/mol. The topological polar surface area (TPSA) is 132 Å². The van der Waals surface area contributed by atoms with Crippen molar-refractivity contribution in [2.24, 2.45) is 0 Å². The number of benzene rings is 1. The number of carboxylic acids is 1. The Balaban J connectivity index is 2.45. The van der Waals surface area contributed by atoms with Crippen molar-refractivity contribution in [3.63, 3.8) is 0 Å². The van der Waals surface area contributed by atoms with E-state index < -0.39 is 26.6 Å². The number of phenolic OH excluding ortho intramolecular Hbond substituents is 1. The Labute approximate surface area is 120 Å². The number of aromatic hydroxyl groups is 1. The number of aromatic amines is 1. The van der Waals surface area contributed by atoms with Crippen LogP contribution < -0.4 is 4.72 Å². The zero-order valence-electron chi connectivity index (χ0n) is 11.2. The number of carbonyl (C=O) groups is 1. The predicted molar refractivity (Wildman–Crippen MR) is 73.9 cm³/mol. The minimum Gasteiger partial charge on any atom is -0.508 e. The van der Waals surface area contributed by atoms with Gasteiger partial charge in [0, 0.05) is 6.07 Å². The van der Waals surface area contributed by atoms with Crippen LogP contribution in [-0.4, -0.2) is 34.8 Å². The molecule has 0 saturated heterocycles. The minimum absolute atomic E-state index is 0.0717. The highest BCUT2D eigenvalue weighted by molar-refractivity contribution is 7.92. The van der Waals surface area contributed by atoms with Gasteiger partial charge in [-0.25, -0.2) is 13.2 Å². The molecule has 112 valence electrons. The summed E-state index contributed by atoms with van der Waals surface area (Å²) in [5, 5.41) is 24.3. The van der Waals surface area contributed by atoms with Crippen LogP contribution in [0.2, 0.25) is 0 Å². The number of rotatable bonds is 4. The second-order valence-electron chi connectivity index (χ2n) is 4.44. The molecule has 0 fully saturated rings. The van der Waals surface area contributed by atoms with E-state index in [1.165, 1.54) is 25.1 Å². The van der Waals surface area contributed by atoms with E-state index in [0.29, 0.717) is 5.56 Å². The number of carboxylic acid groups (broad SMARTS) is 1. The molecule has 0 aliphatic carbocycles. The van der Waals surface area contributed by atoms with Gasteiger partial charge in [-0.05, 0) is 25.5 Å². The van der Waals surface area contributed by atoms with E-state index >= 15 is 0 Å². The molecule has 0 spiro atoms. The molecule has 4 N–H and O–H groups in total. The van der Waals surface area contributed by atoms with E-state index in [1.54, 1.807) is 6.92 Å². The van der Waals surface area contributed by atoms with Crippen LogP contribution in [-0.2, 0) is 10.0 Å². The molecule has 0 atom stereocenters. The van der Waals surface area contributed by atoms with Gasteiger partial charge < -0.3 is 10.2 Å². The number of aromatic carboxylic acids is 1. The van der Waals surface area contributed by atoms with Crippen LogP contribution >= 0.6 is 0 Å². The first-order valence-electron chi connectivity index (χ1n) is 5.83. The summed E-state index contributed by atoms with van der Waals surface area (Å²) in [5.74, 6) is -1.52. The minimum atomic E-state index is -4.14. The summed E-state index contributed by atoms with van der Waals surface area (Å²) >= 11 is 0. The molecule has 1 aromatic carbocycles. The number of H-pyrrole nitrogens is 1. The Morgan fingerprint density at radius 3 is 2.57 bits per heavy atom. The SMILES string of the molecule is Cc1ccc(NS(=O)(=O)c2c(C(=O)O)n[nH]c2C)cc1O. The van der Waals surface area contributed by atoms with Crippen molar-refractivity contribution in [1.29, 1.82) is 0 Å². The van der Waals surface area contributed by atoms with Crippen molar-refractivity contribution in [3.05, 3.63) is 35.2 Å². The van der Waals surface area contributed by atoms with Crippen molar-refractivity contribution in [1.82, 2.24) is 10.2 Å². The van der Waals surface area contributed by atoms with Gasteiger partial charge in [-0.15, -0.1) is 0 Å². The number of anilines is 1. The third-order valence-electron chi connectivity index (χ3n) is 2.82. The number of nitrogens with one attached hydrogen (secondary N) is 2. The fourth-order valence-corrected chi connectivity index (χ4v) is 3.15. The lowest BCUT2D eigenvalue weighted by Gasteiger charge is -2.09. The summed E-state index contributed by atoms with van der Waals surface area (Å²) in [6, 6.07) is 4.23. The maximum Gasteiger partial charge on any atom is 0.357 e. The molecule has 2 rings (SSSR count). The van der Waals surface area contributed by atoms with Crippen molar-refractivity contribution < 1.29 is 23.4 Å². The van der Waals surface area contributed by atoms with E-state index in [0.717, 1.165) is 0 Å². The van der Waals surface area contributed by atoms with Crippen molar-refractivity contribution in [2.45, 2.75) is 18.7 Å². The molecule has 0 bridgehead atoms. The highest BCUT2D eigenvalue weighted by Gasteiger charge is 2.28. The van der Waals surface area contributed by atoms with E-state index in [-0.39, 0.29) is 17.1 Å². The van der Waals surface area contributed by atoms with Crippen LogP contribution in [0.1, 0.15) is 21.7 Å². The van der Waals surface area contributed by atoms with Gasteiger partial charge in [0.15, 0.2) is 5.69 Å². The number of nitrogens with zero attached hydrogens (tertiary/aromatic N) is 1. The lowest BCUT2D eigenvalue weighted by Crippen LogP contribution is -2.17. The first-order chi connectivity index (χ1) is 9.72. The average molecular weight is 311 g/mol. The van der Waals surface area contributed by atoms with E-state index in [2.05, 4.69) is 14.9 Å². The molecule has 0 aliphatic heterocycles. The van der Waals surface area contributed by atoms with Gasteiger partial charge in [0.05, 0.1) is 11.4 Å². The Morgan fingerprint density at radius 2 is 2.00 bits per heavy atom. The summed E-state index contributed by atoms with van der Waals surface area (Å²) in [6.07, 6.45) is 0. The van der Waals surface area contributed by atoms with Crippen LogP contribution in [0.15, 0.2) is 23.1 Å². The molecule has 8 nitrogen and oxygen atoms in total. The van der Waals surface area contributed by atoms with Crippen LogP contribution in [0.25, 0.3) is 0 Å². The van der Waals surface area contributed by atoms with Gasteiger partial charge in [-0.3, -0.25) is 9.82 Å². The number of sulfonamides is 1. The number of aromatic nitrogens is 2. The van der Waals surface area contributed by atoms with Crippen molar-refractivity contribution in [2.75, 3.05) is 4.72 Å². The normalized spacial score (nSPS) is 11.3. The molecule has 1 aromatic heterocycles. The summed E-state index contributed by atoms with van der Waals surface area (Å²) in [5.41, 5.74) is 0.228. The Hall–Kier alpha value is -2.55. The standard InChI is InChI=1S/C12H13N3O5S/c1-6-3-4-8(5-9(6)16)15-21(19,20)11-7(2)13-14-10(11)12(17)18/h3-5,15-16H,1-2H3,(H,13,14)(H,17,18). The van der Waals surface area contributed by atoms with Crippen LogP contribution in [0.5, 0.6) is 5.75 Å². The van der Waals surface area contributed by atoms with Crippen molar-refractivity contribution in [3.8, 4) is 5.75 Å². The molecule has 21 heavy (non-hydrogen) atoms. The highest BCUT2D eigenvalue weighted by atomic mass is 32.2. The fraction of sp³-hybridized carbons (Fsp3) is 0.167. The molecule has 9 heteroatoms. The van der Waals surface area contributed by atoms with Gasteiger partial charge in [0.25, 0.3) is 10.0 Å². The summed E-state index contributed by atoms with van der Waals surface area (Å²) in [4.78, 5) is 10.6. The van der Waals surface area contributed by atoms with E-state index in [4.69, 9.17) is 5.11 Å². The molecular formula is C12H13N3O5S. The van der Waals surface area contributed by atoms with Gasteiger partial charge in [0.2, 0.25) is 0 Å². The van der Waals surface area contributed by atoms with Gasteiger partial charge in [-0.2, -0.15) is 5.10 Å². The molecular weight excluding hydrogens is 298 g/mol. The molecule has 2 aromatic rings. The molecule has 0 unspecified atom stereocenters. The Morgan fingerprint density at radius 1 is 1.33 bits per heavy atom. The first-order valence-corrected chi connectivity index (χ1v) is 7.31. The average Bonchev–Trinajstić information content (AvgIpc) is 2.76. The molecule has 0 radical (unpaired) electrons. The maximum absolute atomic E-state index is 12.3. The Kier molecular flexibility index (Phi) is 3.60. The number of phenols is 1. The van der Waals surface area contributed by atoms with E-state index in [9.17, 15) is 18.3 Å². The van der Waals surface area contributed by atoms with Crippen LogP contribution in [0.3, 0.4) is 0 Å². The number of hydrogen-bond donors (Lipinski definition) is 4. The lowest BCUT2D eigenvalue weighted by molar-refractivity contribution is 0.0686. The highest BCUT2D eigenvalue weighted by Crippen LogP contribution is 2.25. The number of hydrogen-bond acceptors (Lipinski definition) is 5. The quantitative estimate of drug-likeness (QED) is 0.671. The first kappa shape index (κ1) is 14.9. The largest absolute Gasteiger partial charge is 0.508 e. The molecule has 0 amide bonds. The Bertz CT molecular complexity index is 810. The predicted octanol–water partition coefficient (Wildman–Crippen LogP) is 1.23. The second kappa shape index (κ2) is 5.09. The molecule has 0 aliphatic rings. The molecule has 0 saturated carbocycles. The summed E-state index contributed by atoms with van der Waals surface area (Å²) in [7, 11) is -4.14.